The molecule has 2 aromatic carbocycles. The summed E-state index contributed by atoms with van der Waals surface area (Å²) in [5.41, 5.74) is 4.19. The molecule has 0 bridgehead atoms. The number of aryl methyl sites for hydroxylation is 2. The zero-order chi connectivity index (χ0) is 18.3. The van der Waals surface area contributed by atoms with Gasteiger partial charge in [-0.1, -0.05) is 12.1 Å². The van der Waals surface area contributed by atoms with Crippen molar-refractivity contribution in [3.63, 3.8) is 0 Å². The normalized spacial score (nSPS) is 11.2. The molecule has 0 radical (unpaired) electrons. The number of nitrogens with one attached hydrogen (secondary N) is 1. The molecule has 130 valence electrons. The smallest absolute Gasteiger partial charge is 0.336 e. The second-order valence-corrected chi connectivity index (χ2v) is 6.44. The van der Waals surface area contributed by atoms with Gasteiger partial charge in [0.05, 0.1) is 12.7 Å². The van der Waals surface area contributed by atoms with Gasteiger partial charge in [0.1, 0.15) is 11.2 Å². The van der Waals surface area contributed by atoms with Gasteiger partial charge in [-0.25, -0.2) is 4.79 Å². The van der Waals surface area contributed by atoms with Crippen molar-refractivity contribution >= 4 is 33.5 Å². The second-order valence-electron chi connectivity index (χ2n) is 6.44. The molecule has 1 amide bonds. The zero-order valence-electron chi connectivity index (χ0n) is 14.5. The quantitative estimate of drug-likeness (QED) is 0.560. The Bertz CT molecular complexity index is 1200. The van der Waals surface area contributed by atoms with E-state index in [1.807, 2.05) is 38.1 Å². The van der Waals surface area contributed by atoms with Crippen molar-refractivity contribution < 1.29 is 13.6 Å². The Morgan fingerprint density at radius 1 is 1.00 bits per heavy atom. The highest BCUT2D eigenvalue weighted by Crippen LogP contribution is 2.24. The Morgan fingerprint density at radius 2 is 1.81 bits per heavy atom. The standard InChI is InChI=1S/C21H17NO4/c1-12-3-5-17-14(11-25-18(17)7-12)9-20(23)22-15-4-6-16-13(2)8-21(24)26-19(16)10-15/h3-8,10-11H,9H2,1-2H3,(H,22,23). The van der Waals surface area contributed by atoms with Crippen LogP contribution in [0.3, 0.4) is 0 Å². The molecular formula is C21H17NO4. The average Bonchev–Trinajstić information content (AvgIpc) is 2.96. The Labute approximate surface area is 149 Å². The van der Waals surface area contributed by atoms with E-state index in [0.717, 1.165) is 33.0 Å². The highest BCUT2D eigenvalue weighted by molar-refractivity contribution is 5.97. The Kier molecular flexibility index (Phi) is 3.84. The first-order chi connectivity index (χ1) is 12.5. The summed E-state index contributed by atoms with van der Waals surface area (Å²) in [6.07, 6.45) is 1.82. The van der Waals surface area contributed by atoms with Crippen LogP contribution in [0.1, 0.15) is 16.7 Å². The summed E-state index contributed by atoms with van der Waals surface area (Å²) in [5, 5.41) is 4.63. The molecule has 0 aliphatic carbocycles. The number of benzene rings is 2. The van der Waals surface area contributed by atoms with Gasteiger partial charge in [0, 0.05) is 34.2 Å². The number of anilines is 1. The molecule has 2 aromatic heterocycles. The molecule has 26 heavy (non-hydrogen) atoms. The topological polar surface area (TPSA) is 72.5 Å². The number of carbonyl (C=O) groups is 1. The van der Waals surface area contributed by atoms with Crippen LogP contribution in [0.25, 0.3) is 21.9 Å². The first kappa shape index (κ1) is 16.1. The minimum Gasteiger partial charge on any atom is -0.464 e. The molecule has 4 rings (SSSR count). The van der Waals surface area contributed by atoms with E-state index in [9.17, 15) is 9.59 Å². The fourth-order valence-electron chi connectivity index (χ4n) is 3.11. The lowest BCUT2D eigenvalue weighted by Crippen LogP contribution is -2.14. The lowest BCUT2D eigenvalue weighted by Gasteiger charge is -2.06. The van der Waals surface area contributed by atoms with Crippen molar-refractivity contribution in [3.8, 4) is 0 Å². The second kappa shape index (κ2) is 6.19. The molecular weight excluding hydrogens is 330 g/mol. The van der Waals surface area contributed by atoms with Crippen LogP contribution in [-0.2, 0) is 11.2 Å². The Morgan fingerprint density at radius 3 is 2.65 bits per heavy atom. The predicted molar refractivity (Wildman–Crippen MR) is 101 cm³/mol. The molecule has 0 atom stereocenters. The van der Waals surface area contributed by atoms with Crippen LogP contribution in [0.2, 0.25) is 0 Å². The first-order valence-corrected chi connectivity index (χ1v) is 8.31. The van der Waals surface area contributed by atoms with Gasteiger partial charge in [0.25, 0.3) is 0 Å². The van der Waals surface area contributed by atoms with E-state index in [4.69, 9.17) is 8.83 Å². The lowest BCUT2D eigenvalue weighted by molar-refractivity contribution is -0.115. The van der Waals surface area contributed by atoms with Crippen LogP contribution in [-0.4, -0.2) is 5.91 Å². The third kappa shape index (κ3) is 2.99. The number of furan rings is 1. The van der Waals surface area contributed by atoms with Crippen molar-refractivity contribution in [2.75, 3.05) is 5.32 Å². The SMILES string of the molecule is Cc1ccc2c(CC(=O)Nc3ccc4c(C)cc(=O)oc4c3)coc2c1. The number of carbonyl (C=O) groups excluding carboxylic acids is 1. The minimum absolute atomic E-state index is 0.164. The van der Waals surface area contributed by atoms with Crippen molar-refractivity contribution in [3.05, 3.63) is 75.8 Å². The summed E-state index contributed by atoms with van der Waals surface area (Å²) in [4.78, 5) is 23.9. The van der Waals surface area contributed by atoms with E-state index in [0.29, 0.717) is 11.3 Å². The zero-order valence-corrected chi connectivity index (χ0v) is 14.5. The number of hydrogen-bond acceptors (Lipinski definition) is 4. The fraction of sp³-hybridized carbons (Fsp3) is 0.143. The van der Waals surface area contributed by atoms with Gasteiger partial charge < -0.3 is 14.2 Å². The molecule has 1 N–H and O–H groups in total. The van der Waals surface area contributed by atoms with Crippen LogP contribution in [0.5, 0.6) is 0 Å². The van der Waals surface area contributed by atoms with E-state index < -0.39 is 5.63 Å². The first-order valence-electron chi connectivity index (χ1n) is 8.31. The molecule has 0 fully saturated rings. The number of rotatable bonds is 3. The van der Waals surface area contributed by atoms with Crippen molar-refractivity contribution in [2.45, 2.75) is 20.3 Å². The summed E-state index contributed by atoms with van der Waals surface area (Å²) >= 11 is 0. The Balaban J connectivity index is 1.57. The van der Waals surface area contributed by atoms with Gasteiger partial charge in [-0.15, -0.1) is 0 Å². The summed E-state index contributed by atoms with van der Waals surface area (Å²) < 4.78 is 10.8. The van der Waals surface area contributed by atoms with Crippen LogP contribution in [0.4, 0.5) is 5.69 Å². The van der Waals surface area contributed by atoms with Crippen LogP contribution in [0, 0.1) is 13.8 Å². The van der Waals surface area contributed by atoms with Crippen molar-refractivity contribution in [1.82, 2.24) is 0 Å². The molecule has 0 saturated heterocycles. The maximum atomic E-state index is 12.4. The molecule has 0 aliphatic rings. The van der Waals surface area contributed by atoms with E-state index in [1.54, 1.807) is 18.4 Å². The molecule has 5 nitrogen and oxygen atoms in total. The van der Waals surface area contributed by atoms with Crippen molar-refractivity contribution in [1.29, 1.82) is 0 Å². The molecule has 0 saturated carbocycles. The van der Waals surface area contributed by atoms with Gasteiger partial charge >= 0.3 is 5.63 Å². The third-order valence-corrected chi connectivity index (χ3v) is 4.40. The summed E-state index contributed by atoms with van der Waals surface area (Å²) in [7, 11) is 0. The maximum Gasteiger partial charge on any atom is 0.336 e. The van der Waals surface area contributed by atoms with Gasteiger partial charge in [0.2, 0.25) is 5.91 Å². The average molecular weight is 347 g/mol. The van der Waals surface area contributed by atoms with Crippen molar-refractivity contribution in [2.24, 2.45) is 0 Å². The highest BCUT2D eigenvalue weighted by Gasteiger charge is 2.12. The summed E-state index contributed by atoms with van der Waals surface area (Å²) in [6, 6.07) is 12.6. The summed E-state index contributed by atoms with van der Waals surface area (Å²) in [5.74, 6) is -0.164. The third-order valence-electron chi connectivity index (χ3n) is 4.40. The van der Waals surface area contributed by atoms with Crippen LogP contribution in [0.15, 0.2) is 62.4 Å². The number of hydrogen-bond donors (Lipinski definition) is 1. The molecule has 5 heteroatoms. The van der Waals surface area contributed by atoms with Crippen LogP contribution < -0.4 is 10.9 Å². The molecule has 0 aliphatic heterocycles. The Hall–Kier alpha value is -3.34. The molecule has 0 spiro atoms. The van der Waals surface area contributed by atoms with Crippen LogP contribution >= 0.6 is 0 Å². The minimum atomic E-state index is -0.404. The van der Waals surface area contributed by atoms with E-state index >= 15 is 0 Å². The van der Waals surface area contributed by atoms with Gasteiger partial charge in [-0.2, -0.15) is 0 Å². The largest absolute Gasteiger partial charge is 0.464 e. The van der Waals surface area contributed by atoms with E-state index in [2.05, 4.69) is 5.32 Å². The van der Waals surface area contributed by atoms with Gasteiger partial charge in [0.15, 0.2) is 0 Å². The summed E-state index contributed by atoms with van der Waals surface area (Å²) in [6.45, 7) is 3.84. The maximum absolute atomic E-state index is 12.4. The predicted octanol–water partition coefficient (Wildman–Crippen LogP) is 4.34. The number of fused-ring (bicyclic) bond motifs is 2. The van der Waals surface area contributed by atoms with Gasteiger partial charge in [-0.3, -0.25) is 4.79 Å². The lowest BCUT2D eigenvalue weighted by atomic mass is 10.1. The number of amides is 1. The molecule has 4 aromatic rings. The van der Waals surface area contributed by atoms with E-state index in [1.165, 1.54) is 6.07 Å². The highest BCUT2D eigenvalue weighted by atomic mass is 16.4. The monoisotopic (exact) mass is 347 g/mol. The molecule has 0 unspecified atom stereocenters. The van der Waals surface area contributed by atoms with E-state index in [-0.39, 0.29) is 12.3 Å². The van der Waals surface area contributed by atoms with Gasteiger partial charge in [-0.05, 0) is 43.2 Å². The molecule has 2 heterocycles. The fourth-order valence-corrected chi connectivity index (χ4v) is 3.11.